The van der Waals surface area contributed by atoms with Gasteiger partial charge in [0.05, 0.1) is 6.61 Å². The van der Waals surface area contributed by atoms with Crippen LogP contribution in [0.1, 0.15) is 32.6 Å². The van der Waals surface area contributed by atoms with Crippen molar-refractivity contribution in [3.05, 3.63) is 0 Å². The highest BCUT2D eigenvalue weighted by Crippen LogP contribution is 2.38. The lowest BCUT2D eigenvalue weighted by atomic mass is 9.87. The molecule has 28 heavy (non-hydrogen) atoms. The van der Waals surface area contributed by atoms with Crippen LogP contribution in [0.3, 0.4) is 0 Å². The Balaban J connectivity index is 1.55. The Bertz CT molecular complexity index is 670. The van der Waals surface area contributed by atoms with Crippen LogP contribution >= 0.6 is 0 Å². The zero-order valence-electron chi connectivity index (χ0n) is 16.2. The zero-order chi connectivity index (χ0) is 20.4. The third-order valence-electron chi connectivity index (χ3n) is 5.96. The number of guanidine groups is 1. The average Bonchev–Trinajstić information content (AvgIpc) is 3.28. The van der Waals surface area contributed by atoms with Crippen molar-refractivity contribution in [3.63, 3.8) is 0 Å². The molecule has 11 heteroatoms. The molecule has 1 atom stereocenters. The van der Waals surface area contributed by atoms with E-state index in [1.807, 2.05) is 6.92 Å². The first-order valence-electron chi connectivity index (χ1n) is 9.84. The summed E-state index contributed by atoms with van der Waals surface area (Å²) in [6.07, 6.45) is 2.91. The van der Waals surface area contributed by atoms with E-state index >= 15 is 0 Å². The molecule has 3 aliphatic heterocycles. The Kier molecular flexibility index (Phi) is 6.45. The van der Waals surface area contributed by atoms with Crippen molar-refractivity contribution < 1.29 is 26.3 Å². The van der Waals surface area contributed by atoms with Crippen LogP contribution in [-0.2, 0) is 14.8 Å². The van der Waals surface area contributed by atoms with Gasteiger partial charge in [0.25, 0.3) is 0 Å². The van der Waals surface area contributed by atoms with Crippen molar-refractivity contribution in [2.24, 2.45) is 16.3 Å². The number of likely N-dealkylation sites (tertiary alicyclic amines) is 1. The van der Waals surface area contributed by atoms with Gasteiger partial charge in [0, 0.05) is 51.3 Å². The molecule has 0 aromatic carbocycles. The Morgan fingerprint density at radius 1 is 1.25 bits per heavy atom. The molecule has 0 bridgehead atoms. The van der Waals surface area contributed by atoms with Crippen LogP contribution in [-0.4, -0.2) is 81.6 Å². The molecule has 3 aliphatic rings. The van der Waals surface area contributed by atoms with Gasteiger partial charge in [0.15, 0.2) is 5.96 Å². The van der Waals surface area contributed by atoms with Crippen LogP contribution in [0.5, 0.6) is 0 Å². The molecule has 7 nitrogen and oxygen atoms in total. The summed E-state index contributed by atoms with van der Waals surface area (Å²) < 4.78 is 67.2. The third-order valence-corrected chi connectivity index (χ3v) is 7.59. The van der Waals surface area contributed by atoms with Crippen LogP contribution < -0.4 is 5.32 Å². The number of sulfonamides is 1. The highest BCUT2D eigenvalue weighted by atomic mass is 32.2. The second kappa shape index (κ2) is 8.35. The van der Waals surface area contributed by atoms with Crippen molar-refractivity contribution in [1.29, 1.82) is 0 Å². The lowest BCUT2D eigenvalue weighted by Gasteiger charge is -2.31. The minimum atomic E-state index is -5.23. The maximum Gasteiger partial charge on any atom is 0.511 e. The maximum absolute atomic E-state index is 12.7. The molecule has 3 heterocycles. The second-order valence-corrected chi connectivity index (χ2v) is 9.89. The van der Waals surface area contributed by atoms with E-state index < -0.39 is 15.5 Å². The molecule has 3 rings (SSSR count). The second-order valence-electron chi connectivity index (χ2n) is 7.96. The molecule has 3 fully saturated rings. The number of nitrogens with zero attached hydrogens (tertiary/aromatic N) is 3. The Morgan fingerprint density at radius 3 is 2.54 bits per heavy atom. The van der Waals surface area contributed by atoms with Gasteiger partial charge in [-0.05, 0) is 38.5 Å². The van der Waals surface area contributed by atoms with Gasteiger partial charge in [-0.2, -0.15) is 17.5 Å². The van der Waals surface area contributed by atoms with Gasteiger partial charge in [-0.1, -0.05) is 0 Å². The molecule has 162 valence electrons. The van der Waals surface area contributed by atoms with Gasteiger partial charge in [-0.25, -0.2) is 8.42 Å². The number of rotatable bonds is 4. The van der Waals surface area contributed by atoms with Crippen molar-refractivity contribution in [1.82, 2.24) is 14.5 Å². The topological polar surface area (TPSA) is 74.2 Å². The van der Waals surface area contributed by atoms with E-state index in [2.05, 4.69) is 10.2 Å². The van der Waals surface area contributed by atoms with E-state index in [1.165, 1.54) is 0 Å². The number of ether oxygens (including phenoxy) is 1. The van der Waals surface area contributed by atoms with E-state index in [4.69, 9.17) is 9.73 Å². The van der Waals surface area contributed by atoms with E-state index in [1.54, 1.807) is 0 Å². The monoisotopic (exact) mass is 426 g/mol. The summed E-state index contributed by atoms with van der Waals surface area (Å²) >= 11 is 0. The number of piperidine rings is 1. The first-order valence-corrected chi connectivity index (χ1v) is 11.3. The summed E-state index contributed by atoms with van der Waals surface area (Å²) in [5.41, 5.74) is -5.01. The minimum Gasteiger partial charge on any atom is -0.381 e. The van der Waals surface area contributed by atoms with Crippen LogP contribution in [0.4, 0.5) is 13.2 Å². The summed E-state index contributed by atoms with van der Waals surface area (Å²) in [5, 5.41) is 3.30. The number of hydrogen-bond donors (Lipinski definition) is 1. The van der Waals surface area contributed by atoms with Crippen molar-refractivity contribution in [2.75, 3.05) is 52.5 Å². The summed E-state index contributed by atoms with van der Waals surface area (Å²) in [6, 6.07) is 0. The minimum absolute atomic E-state index is 0.0831. The number of alkyl halides is 3. The molecule has 0 aliphatic carbocycles. The highest BCUT2D eigenvalue weighted by Gasteiger charge is 2.50. The van der Waals surface area contributed by atoms with Crippen molar-refractivity contribution >= 4 is 16.0 Å². The van der Waals surface area contributed by atoms with Gasteiger partial charge in [0.2, 0.25) is 0 Å². The van der Waals surface area contributed by atoms with Crippen LogP contribution in [0, 0.1) is 11.3 Å². The van der Waals surface area contributed by atoms with Crippen LogP contribution in [0.2, 0.25) is 0 Å². The molecule has 0 aromatic rings. The Morgan fingerprint density at radius 2 is 1.96 bits per heavy atom. The molecular formula is C17H29F3N4O3S. The highest BCUT2D eigenvalue weighted by molar-refractivity contribution is 7.90. The standard InChI is InChI=1S/C17H29F3N4O3S/c1-2-21-15(23-9-5-16(12-23)6-10-27-13-16)22-11-14-3-7-24(8-4-14)28(25,26)17(18,19)20/h14H,2-13H2,1H3,(H,21,22). The zero-order valence-corrected chi connectivity index (χ0v) is 17.0. The lowest BCUT2D eigenvalue weighted by molar-refractivity contribution is -0.0496. The van der Waals surface area contributed by atoms with E-state index in [9.17, 15) is 21.6 Å². The predicted octanol–water partition coefficient (Wildman–Crippen LogP) is 1.63. The fourth-order valence-corrected chi connectivity index (χ4v) is 5.19. The molecule has 1 unspecified atom stereocenters. The molecule has 1 spiro atoms. The smallest absolute Gasteiger partial charge is 0.381 e. The quantitative estimate of drug-likeness (QED) is 0.546. The average molecular weight is 427 g/mol. The molecular weight excluding hydrogens is 397 g/mol. The third kappa shape index (κ3) is 4.56. The SMILES string of the molecule is CCNC(=NCC1CCN(S(=O)(=O)C(F)(F)F)CC1)N1CCC2(CCOC2)C1. The van der Waals surface area contributed by atoms with E-state index in [0.29, 0.717) is 23.7 Å². The molecule has 0 aromatic heterocycles. The fourth-order valence-electron chi connectivity index (χ4n) is 4.21. The fraction of sp³-hybridized carbons (Fsp3) is 0.941. The van der Waals surface area contributed by atoms with Gasteiger partial charge in [-0.3, -0.25) is 4.99 Å². The normalized spacial score (nSPS) is 28.4. The van der Waals surface area contributed by atoms with Crippen LogP contribution in [0.15, 0.2) is 4.99 Å². The summed E-state index contributed by atoms with van der Waals surface area (Å²) in [4.78, 5) is 6.95. The van der Waals surface area contributed by atoms with Gasteiger partial charge in [-0.15, -0.1) is 0 Å². The number of hydrogen-bond acceptors (Lipinski definition) is 4. The summed E-state index contributed by atoms with van der Waals surface area (Å²) in [5.74, 6) is 0.913. The predicted molar refractivity (Wildman–Crippen MR) is 99.3 cm³/mol. The van der Waals surface area contributed by atoms with Gasteiger partial charge < -0.3 is 15.0 Å². The van der Waals surface area contributed by atoms with Crippen LogP contribution in [0.25, 0.3) is 0 Å². The number of aliphatic imine (C=N–C) groups is 1. The van der Waals surface area contributed by atoms with Crippen molar-refractivity contribution in [2.45, 2.75) is 38.1 Å². The molecule has 0 saturated carbocycles. The first-order chi connectivity index (χ1) is 13.2. The lowest BCUT2D eigenvalue weighted by Crippen LogP contribution is -2.45. The molecule has 0 amide bonds. The van der Waals surface area contributed by atoms with E-state index in [-0.39, 0.29) is 24.4 Å². The summed E-state index contributed by atoms with van der Waals surface area (Å²) in [6.45, 7) is 6.42. The van der Waals surface area contributed by atoms with Crippen molar-refractivity contribution in [3.8, 4) is 0 Å². The van der Waals surface area contributed by atoms with Gasteiger partial charge in [0.1, 0.15) is 0 Å². The van der Waals surface area contributed by atoms with E-state index in [0.717, 1.165) is 51.6 Å². The molecule has 0 radical (unpaired) electrons. The molecule has 3 saturated heterocycles. The Labute approximate surface area is 164 Å². The molecule has 1 N–H and O–H groups in total. The maximum atomic E-state index is 12.7. The van der Waals surface area contributed by atoms with Gasteiger partial charge >= 0.3 is 15.5 Å². The summed E-state index contributed by atoms with van der Waals surface area (Å²) in [7, 11) is -5.22. The number of nitrogens with one attached hydrogen (secondary N) is 1. The first kappa shape index (κ1) is 21.6. The largest absolute Gasteiger partial charge is 0.511 e. The Hall–Kier alpha value is -1.07. The number of halogens is 3.